The van der Waals surface area contributed by atoms with Crippen molar-refractivity contribution in [2.24, 2.45) is 0 Å². The minimum absolute atomic E-state index is 0.233. The number of hydrogen-bond donors (Lipinski definition) is 1. The number of aryl methyl sites for hydroxylation is 1. The first-order chi connectivity index (χ1) is 13.3. The van der Waals surface area contributed by atoms with E-state index in [9.17, 15) is 14.4 Å². The Morgan fingerprint density at radius 2 is 1.79 bits per heavy atom. The van der Waals surface area contributed by atoms with Crippen molar-refractivity contribution >= 4 is 39.5 Å². The van der Waals surface area contributed by atoms with Gasteiger partial charge in [-0.15, -0.1) is 0 Å². The van der Waals surface area contributed by atoms with E-state index < -0.39 is 11.8 Å². The lowest BCUT2D eigenvalue weighted by Crippen LogP contribution is -2.24. The predicted molar refractivity (Wildman–Crippen MR) is 107 cm³/mol. The van der Waals surface area contributed by atoms with Gasteiger partial charge >= 0.3 is 0 Å². The Morgan fingerprint density at radius 3 is 2.54 bits per heavy atom. The zero-order valence-electron chi connectivity index (χ0n) is 15.1. The summed E-state index contributed by atoms with van der Waals surface area (Å²) >= 11 is 3.43. The first-order valence-corrected chi connectivity index (χ1v) is 9.25. The van der Waals surface area contributed by atoms with Gasteiger partial charge in [0, 0.05) is 23.2 Å². The fourth-order valence-corrected chi connectivity index (χ4v) is 3.47. The SMILES string of the molecule is Cc1cc(NC(=O)c2ccc3c(c2)C(=O)N(C)C3=O)n(-c2cccc(Br)c2)n1. The summed E-state index contributed by atoms with van der Waals surface area (Å²) in [6, 6.07) is 13.8. The molecule has 3 aromatic rings. The second kappa shape index (κ2) is 6.72. The van der Waals surface area contributed by atoms with Crippen molar-refractivity contribution in [1.82, 2.24) is 14.7 Å². The van der Waals surface area contributed by atoms with Crippen LogP contribution in [0.5, 0.6) is 0 Å². The number of carbonyl (C=O) groups excluding carboxylic acids is 3. The molecule has 0 saturated heterocycles. The summed E-state index contributed by atoms with van der Waals surface area (Å²) < 4.78 is 2.52. The predicted octanol–water partition coefficient (Wildman–Crippen LogP) is 3.42. The summed E-state index contributed by atoms with van der Waals surface area (Å²) in [7, 11) is 1.42. The number of rotatable bonds is 3. The van der Waals surface area contributed by atoms with Gasteiger partial charge in [0.25, 0.3) is 17.7 Å². The van der Waals surface area contributed by atoms with Gasteiger partial charge in [-0.2, -0.15) is 5.10 Å². The molecule has 2 aromatic carbocycles. The summed E-state index contributed by atoms with van der Waals surface area (Å²) in [4.78, 5) is 38.0. The highest BCUT2D eigenvalue weighted by Gasteiger charge is 2.33. The fraction of sp³-hybridized carbons (Fsp3) is 0.100. The van der Waals surface area contributed by atoms with Gasteiger partial charge in [-0.3, -0.25) is 19.3 Å². The Bertz CT molecular complexity index is 1150. The maximum atomic E-state index is 12.8. The van der Waals surface area contributed by atoms with E-state index in [1.807, 2.05) is 31.2 Å². The highest BCUT2D eigenvalue weighted by molar-refractivity contribution is 9.10. The maximum Gasteiger partial charge on any atom is 0.261 e. The van der Waals surface area contributed by atoms with E-state index in [2.05, 4.69) is 26.3 Å². The summed E-state index contributed by atoms with van der Waals surface area (Å²) in [5, 5.41) is 7.26. The average molecular weight is 439 g/mol. The van der Waals surface area contributed by atoms with Crippen LogP contribution in [-0.2, 0) is 0 Å². The van der Waals surface area contributed by atoms with E-state index in [-0.39, 0.29) is 17.0 Å². The molecule has 0 fully saturated rings. The van der Waals surface area contributed by atoms with E-state index in [1.165, 1.54) is 25.2 Å². The van der Waals surface area contributed by atoms with Crippen LogP contribution in [0, 0.1) is 6.92 Å². The molecule has 7 nitrogen and oxygen atoms in total. The summed E-state index contributed by atoms with van der Waals surface area (Å²) in [5.74, 6) is -0.672. The third kappa shape index (κ3) is 3.01. The number of carbonyl (C=O) groups is 3. The number of halogens is 1. The Labute approximate surface area is 169 Å². The number of fused-ring (bicyclic) bond motifs is 1. The molecule has 0 bridgehead atoms. The van der Waals surface area contributed by atoms with Gasteiger partial charge in [0.2, 0.25) is 0 Å². The molecule has 0 aliphatic carbocycles. The minimum atomic E-state index is -0.412. The van der Waals surface area contributed by atoms with Crippen LogP contribution in [0.3, 0.4) is 0 Å². The third-order valence-electron chi connectivity index (χ3n) is 4.48. The van der Waals surface area contributed by atoms with E-state index in [1.54, 1.807) is 10.7 Å². The number of anilines is 1. The normalized spacial score (nSPS) is 13.0. The van der Waals surface area contributed by atoms with Crippen LogP contribution in [0.15, 0.2) is 53.0 Å². The number of aromatic nitrogens is 2. The lowest BCUT2D eigenvalue weighted by atomic mass is 10.1. The van der Waals surface area contributed by atoms with Crippen LogP contribution in [0.25, 0.3) is 5.69 Å². The topological polar surface area (TPSA) is 84.3 Å². The van der Waals surface area contributed by atoms with E-state index in [0.717, 1.165) is 20.8 Å². The molecule has 28 heavy (non-hydrogen) atoms. The largest absolute Gasteiger partial charge is 0.306 e. The van der Waals surface area contributed by atoms with Crippen LogP contribution in [0.2, 0.25) is 0 Å². The lowest BCUT2D eigenvalue weighted by molar-refractivity contribution is 0.0693. The smallest absolute Gasteiger partial charge is 0.261 e. The lowest BCUT2D eigenvalue weighted by Gasteiger charge is -2.10. The number of imide groups is 1. The van der Waals surface area contributed by atoms with E-state index >= 15 is 0 Å². The highest BCUT2D eigenvalue weighted by Crippen LogP contribution is 2.24. The number of nitrogens with one attached hydrogen (secondary N) is 1. The minimum Gasteiger partial charge on any atom is -0.306 e. The molecule has 2 heterocycles. The summed E-state index contributed by atoms with van der Waals surface area (Å²) in [6.07, 6.45) is 0. The van der Waals surface area contributed by atoms with Crippen molar-refractivity contribution in [2.45, 2.75) is 6.92 Å². The van der Waals surface area contributed by atoms with Gasteiger partial charge in [0.05, 0.1) is 22.5 Å². The molecule has 0 spiro atoms. The van der Waals surface area contributed by atoms with Gasteiger partial charge in [-0.05, 0) is 43.3 Å². The highest BCUT2D eigenvalue weighted by atomic mass is 79.9. The number of amides is 3. The van der Waals surface area contributed by atoms with Crippen LogP contribution in [0.1, 0.15) is 36.8 Å². The molecule has 4 rings (SSSR count). The summed E-state index contributed by atoms with van der Waals surface area (Å²) in [5.41, 5.74) is 2.35. The zero-order chi connectivity index (χ0) is 20.0. The van der Waals surface area contributed by atoms with Crippen molar-refractivity contribution in [3.8, 4) is 5.69 Å². The third-order valence-corrected chi connectivity index (χ3v) is 4.97. The zero-order valence-corrected chi connectivity index (χ0v) is 16.6. The molecule has 0 radical (unpaired) electrons. The van der Waals surface area contributed by atoms with Crippen LogP contribution >= 0.6 is 15.9 Å². The van der Waals surface area contributed by atoms with Gasteiger partial charge in [-0.1, -0.05) is 22.0 Å². The Morgan fingerprint density at radius 1 is 1.04 bits per heavy atom. The monoisotopic (exact) mass is 438 g/mol. The van der Waals surface area contributed by atoms with Crippen LogP contribution in [-0.4, -0.2) is 39.4 Å². The van der Waals surface area contributed by atoms with E-state index in [4.69, 9.17) is 0 Å². The van der Waals surface area contributed by atoms with Crippen molar-refractivity contribution in [3.05, 3.63) is 75.4 Å². The molecule has 0 unspecified atom stereocenters. The quantitative estimate of drug-likeness (QED) is 0.634. The Balaban J connectivity index is 1.66. The molecule has 1 aliphatic rings. The average Bonchev–Trinajstić information content (AvgIpc) is 3.14. The number of nitrogens with zero attached hydrogens (tertiary/aromatic N) is 3. The molecule has 0 atom stereocenters. The molecular formula is C20H15BrN4O3. The number of benzene rings is 2. The van der Waals surface area contributed by atoms with Crippen molar-refractivity contribution in [1.29, 1.82) is 0 Å². The maximum absolute atomic E-state index is 12.8. The molecule has 1 aliphatic heterocycles. The first kappa shape index (κ1) is 18.1. The summed E-state index contributed by atoms with van der Waals surface area (Å²) in [6.45, 7) is 1.83. The van der Waals surface area contributed by atoms with Crippen molar-refractivity contribution in [2.75, 3.05) is 12.4 Å². The molecular weight excluding hydrogens is 424 g/mol. The molecule has 140 valence electrons. The fourth-order valence-electron chi connectivity index (χ4n) is 3.08. The Hall–Kier alpha value is -3.26. The van der Waals surface area contributed by atoms with Crippen LogP contribution < -0.4 is 5.32 Å². The van der Waals surface area contributed by atoms with Gasteiger partial charge in [0.15, 0.2) is 0 Å². The second-order valence-electron chi connectivity index (χ2n) is 6.45. The number of hydrogen-bond acceptors (Lipinski definition) is 4. The molecule has 8 heteroatoms. The van der Waals surface area contributed by atoms with Gasteiger partial charge in [-0.25, -0.2) is 4.68 Å². The first-order valence-electron chi connectivity index (χ1n) is 8.45. The molecule has 1 aromatic heterocycles. The molecule has 1 N–H and O–H groups in total. The van der Waals surface area contributed by atoms with Gasteiger partial charge < -0.3 is 5.32 Å². The Kier molecular flexibility index (Phi) is 4.35. The molecule has 3 amide bonds. The van der Waals surface area contributed by atoms with Crippen LogP contribution in [0.4, 0.5) is 5.82 Å². The second-order valence-corrected chi connectivity index (χ2v) is 7.36. The van der Waals surface area contributed by atoms with Crippen molar-refractivity contribution < 1.29 is 14.4 Å². The molecule has 0 saturated carbocycles. The standard InChI is InChI=1S/C20H15BrN4O3/c1-11-8-17(25(23-11)14-5-3-4-13(21)10-14)22-18(26)12-6-7-15-16(9-12)20(28)24(2)19(15)27/h3-10H,1-2H3,(H,22,26). The van der Waals surface area contributed by atoms with E-state index in [0.29, 0.717) is 11.4 Å². The van der Waals surface area contributed by atoms with Crippen molar-refractivity contribution in [3.63, 3.8) is 0 Å². The van der Waals surface area contributed by atoms with Gasteiger partial charge in [0.1, 0.15) is 5.82 Å².